The molecule has 0 radical (unpaired) electrons. The van der Waals surface area contributed by atoms with Crippen molar-refractivity contribution < 1.29 is 8.42 Å². The van der Waals surface area contributed by atoms with E-state index in [0.717, 1.165) is 0 Å². The molecule has 1 aliphatic carbocycles. The molecule has 1 N–H and O–H groups in total. The van der Waals surface area contributed by atoms with Crippen molar-refractivity contribution >= 4 is 15.8 Å². The molecule has 4 nitrogen and oxygen atoms in total. The fraction of sp³-hybridized carbons (Fsp3) is 0.267. The van der Waals surface area contributed by atoms with E-state index in [4.69, 9.17) is 0 Å². The average Bonchev–Trinajstić information content (AvgIpc) is 3.17. The zero-order chi connectivity index (χ0) is 14.2. The van der Waals surface area contributed by atoms with Crippen LogP contribution in [0.25, 0.3) is 0 Å². The van der Waals surface area contributed by atoms with E-state index in [2.05, 4.69) is 16.6 Å². The molecule has 104 valence electrons. The molecular formula is C15H16N2O2S. The lowest BCUT2D eigenvalue weighted by Gasteiger charge is -2.07. The van der Waals surface area contributed by atoms with Crippen LogP contribution < -0.4 is 4.72 Å². The Labute approximate surface area is 118 Å². The van der Waals surface area contributed by atoms with Gasteiger partial charge >= 0.3 is 0 Å². The van der Waals surface area contributed by atoms with Gasteiger partial charge in [-0.2, -0.15) is 0 Å². The first-order valence-electron chi connectivity index (χ1n) is 6.60. The molecule has 0 spiro atoms. The van der Waals surface area contributed by atoms with Crippen molar-refractivity contribution in [3.8, 4) is 0 Å². The molecule has 1 aromatic heterocycles. The number of hydrogen-bond donors (Lipinski definition) is 1. The number of anilines is 1. The van der Waals surface area contributed by atoms with Gasteiger partial charge in [0.15, 0.2) is 0 Å². The molecule has 2 aromatic rings. The highest BCUT2D eigenvalue weighted by molar-refractivity contribution is 7.92. The van der Waals surface area contributed by atoms with Crippen LogP contribution in [0.3, 0.4) is 0 Å². The minimum Gasteiger partial charge on any atom is -0.263 e. The first kappa shape index (κ1) is 13.1. The SMILES string of the molecule is CC1CC1c1ccc(S(=O)(=O)Nc2ccccn2)cc1. The van der Waals surface area contributed by atoms with E-state index in [9.17, 15) is 8.42 Å². The summed E-state index contributed by atoms with van der Waals surface area (Å²) in [7, 11) is -3.56. The number of pyridine rings is 1. The second-order valence-corrected chi connectivity index (χ2v) is 6.89. The van der Waals surface area contributed by atoms with Gasteiger partial charge in [0.25, 0.3) is 10.0 Å². The second kappa shape index (κ2) is 4.90. The fourth-order valence-electron chi connectivity index (χ4n) is 2.30. The smallest absolute Gasteiger partial charge is 0.263 e. The van der Waals surface area contributed by atoms with Gasteiger partial charge in [-0.3, -0.25) is 4.72 Å². The lowest BCUT2D eigenvalue weighted by Crippen LogP contribution is -2.13. The topological polar surface area (TPSA) is 59.1 Å². The molecule has 5 heteroatoms. The molecule has 0 aliphatic heterocycles. The van der Waals surface area contributed by atoms with Crippen LogP contribution in [0.1, 0.15) is 24.8 Å². The van der Waals surface area contributed by atoms with E-state index in [0.29, 0.717) is 17.7 Å². The molecule has 0 bridgehead atoms. The van der Waals surface area contributed by atoms with Crippen LogP contribution in [0.2, 0.25) is 0 Å². The van der Waals surface area contributed by atoms with Crippen molar-refractivity contribution in [2.45, 2.75) is 24.2 Å². The molecule has 1 heterocycles. The Morgan fingerprint density at radius 3 is 2.40 bits per heavy atom. The molecule has 1 aromatic carbocycles. The highest BCUT2D eigenvalue weighted by Gasteiger charge is 2.33. The van der Waals surface area contributed by atoms with Crippen molar-refractivity contribution in [2.24, 2.45) is 5.92 Å². The van der Waals surface area contributed by atoms with E-state index in [1.54, 1.807) is 36.5 Å². The minimum absolute atomic E-state index is 0.264. The lowest BCUT2D eigenvalue weighted by molar-refractivity contribution is 0.601. The third kappa shape index (κ3) is 2.67. The predicted molar refractivity (Wildman–Crippen MR) is 78.0 cm³/mol. The molecular weight excluding hydrogens is 272 g/mol. The molecule has 1 aliphatic rings. The molecule has 2 unspecified atom stereocenters. The fourth-order valence-corrected chi connectivity index (χ4v) is 3.31. The lowest BCUT2D eigenvalue weighted by atomic mass is 10.1. The number of hydrogen-bond acceptors (Lipinski definition) is 3. The summed E-state index contributed by atoms with van der Waals surface area (Å²) in [6.07, 6.45) is 2.74. The van der Waals surface area contributed by atoms with E-state index in [1.807, 2.05) is 12.1 Å². The number of nitrogens with zero attached hydrogens (tertiary/aromatic N) is 1. The molecule has 1 fully saturated rings. The zero-order valence-electron chi connectivity index (χ0n) is 11.2. The molecule has 2 atom stereocenters. The van der Waals surface area contributed by atoms with Crippen molar-refractivity contribution in [3.63, 3.8) is 0 Å². The summed E-state index contributed by atoms with van der Waals surface area (Å²) in [4.78, 5) is 4.23. The molecule has 0 saturated heterocycles. The Morgan fingerprint density at radius 1 is 1.15 bits per heavy atom. The number of nitrogens with one attached hydrogen (secondary N) is 1. The summed E-state index contributed by atoms with van der Waals surface area (Å²) >= 11 is 0. The highest BCUT2D eigenvalue weighted by Crippen LogP contribution is 2.46. The Hall–Kier alpha value is -1.88. The summed E-state index contributed by atoms with van der Waals surface area (Å²) in [5, 5.41) is 0. The first-order chi connectivity index (χ1) is 9.56. The molecule has 0 amide bonds. The van der Waals surface area contributed by atoms with Crippen LogP contribution in [0, 0.1) is 5.92 Å². The third-order valence-corrected chi connectivity index (χ3v) is 5.00. The monoisotopic (exact) mass is 288 g/mol. The van der Waals surface area contributed by atoms with Gasteiger partial charge < -0.3 is 0 Å². The number of aromatic nitrogens is 1. The maximum atomic E-state index is 12.2. The van der Waals surface area contributed by atoms with Crippen molar-refractivity contribution in [1.82, 2.24) is 4.98 Å². The summed E-state index contributed by atoms with van der Waals surface area (Å²) in [6.45, 7) is 2.21. The van der Waals surface area contributed by atoms with Gasteiger partial charge in [0.2, 0.25) is 0 Å². The van der Waals surface area contributed by atoms with E-state index in [-0.39, 0.29) is 4.90 Å². The minimum atomic E-state index is -3.56. The van der Waals surface area contributed by atoms with Gasteiger partial charge in [-0.1, -0.05) is 25.1 Å². The van der Waals surface area contributed by atoms with Gasteiger partial charge in [0.1, 0.15) is 5.82 Å². The summed E-state index contributed by atoms with van der Waals surface area (Å²) < 4.78 is 26.9. The first-order valence-corrected chi connectivity index (χ1v) is 8.08. The Bertz CT molecular complexity index is 696. The van der Waals surface area contributed by atoms with Crippen LogP contribution in [0.4, 0.5) is 5.82 Å². The highest BCUT2D eigenvalue weighted by atomic mass is 32.2. The van der Waals surface area contributed by atoms with Crippen LogP contribution in [-0.4, -0.2) is 13.4 Å². The maximum absolute atomic E-state index is 12.2. The predicted octanol–water partition coefficient (Wildman–Crippen LogP) is 3.01. The molecule has 3 rings (SSSR count). The van der Waals surface area contributed by atoms with Gasteiger partial charge in [0, 0.05) is 6.20 Å². The maximum Gasteiger partial charge on any atom is 0.263 e. The van der Waals surface area contributed by atoms with Crippen molar-refractivity contribution in [3.05, 3.63) is 54.2 Å². The summed E-state index contributed by atoms with van der Waals surface area (Å²) in [5.41, 5.74) is 1.22. The Morgan fingerprint density at radius 2 is 1.85 bits per heavy atom. The van der Waals surface area contributed by atoms with Gasteiger partial charge in [-0.05, 0) is 48.1 Å². The van der Waals surface area contributed by atoms with Crippen LogP contribution in [0.15, 0.2) is 53.6 Å². The molecule has 20 heavy (non-hydrogen) atoms. The summed E-state index contributed by atoms with van der Waals surface area (Å²) in [6, 6.07) is 12.2. The van der Waals surface area contributed by atoms with Gasteiger partial charge in [-0.25, -0.2) is 13.4 Å². The Kier molecular flexibility index (Phi) is 3.22. The number of sulfonamides is 1. The number of benzene rings is 1. The van der Waals surface area contributed by atoms with E-state index < -0.39 is 10.0 Å². The third-order valence-electron chi connectivity index (χ3n) is 3.63. The summed E-state index contributed by atoms with van der Waals surface area (Å²) in [5.74, 6) is 1.63. The quantitative estimate of drug-likeness (QED) is 0.940. The molecule has 1 saturated carbocycles. The van der Waals surface area contributed by atoms with Crippen LogP contribution in [0.5, 0.6) is 0 Å². The second-order valence-electron chi connectivity index (χ2n) is 5.21. The van der Waals surface area contributed by atoms with Crippen LogP contribution in [-0.2, 0) is 10.0 Å². The largest absolute Gasteiger partial charge is 0.263 e. The van der Waals surface area contributed by atoms with Crippen LogP contribution >= 0.6 is 0 Å². The zero-order valence-corrected chi connectivity index (χ0v) is 12.0. The van der Waals surface area contributed by atoms with Crippen molar-refractivity contribution in [2.75, 3.05) is 4.72 Å². The van der Waals surface area contributed by atoms with Gasteiger partial charge in [-0.15, -0.1) is 0 Å². The van der Waals surface area contributed by atoms with Gasteiger partial charge in [0.05, 0.1) is 4.90 Å². The average molecular weight is 288 g/mol. The Balaban J connectivity index is 1.80. The normalized spacial score (nSPS) is 21.4. The number of rotatable bonds is 4. The standard InChI is InChI=1S/C15H16N2O2S/c1-11-10-14(11)12-5-7-13(8-6-12)20(18,19)17-15-4-2-3-9-16-15/h2-9,11,14H,10H2,1H3,(H,16,17). The van der Waals surface area contributed by atoms with E-state index >= 15 is 0 Å². The van der Waals surface area contributed by atoms with E-state index in [1.165, 1.54) is 12.0 Å². The van der Waals surface area contributed by atoms with Crippen molar-refractivity contribution in [1.29, 1.82) is 0 Å².